The van der Waals surface area contributed by atoms with Gasteiger partial charge < -0.3 is 24.8 Å². The summed E-state index contributed by atoms with van der Waals surface area (Å²) in [6.07, 6.45) is 12.2. The van der Waals surface area contributed by atoms with Crippen LogP contribution in [0.25, 0.3) is 0 Å². The van der Waals surface area contributed by atoms with Crippen molar-refractivity contribution in [1.82, 2.24) is 10.2 Å². The number of ether oxygens (including phenoxy) is 2. The largest absolute Gasteiger partial charge is 0.460 e. The lowest BCUT2D eigenvalue weighted by Gasteiger charge is -2.50. The molecule has 2 spiro atoms. The number of piperidine rings is 1. The molecule has 2 saturated heterocycles. The Morgan fingerprint density at radius 2 is 1.47 bits per heavy atom. The first-order valence-corrected chi connectivity index (χ1v) is 14.1. The zero-order chi connectivity index (χ0) is 26.6. The summed E-state index contributed by atoms with van der Waals surface area (Å²) < 4.78 is 12.3. The van der Waals surface area contributed by atoms with Gasteiger partial charge in [0.25, 0.3) is 5.91 Å². The Morgan fingerprint density at radius 3 is 1.94 bits per heavy atom. The van der Waals surface area contributed by atoms with E-state index in [1.54, 1.807) is 6.92 Å². The van der Waals surface area contributed by atoms with E-state index in [4.69, 9.17) is 9.47 Å². The molecule has 1 atom stereocenters. The van der Waals surface area contributed by atoms with Crippen LogP contribution in [-0.4, -0.2) is 63.5 Å². The Bertz CT molecular complexity index is 777. The molecular formula is C29H50N2O5. The minimum atomic E-state index is -0.989. The average molecular weight is 507 g/mol. The van der Waals surface area contributed by atoms with Crippen LogP contribution in [0.4, 0.5) is 0 Å². The second-order valence-corrected chi connectivity index (χ2v) is 12.9. The number of rotatable bonds is 5. The van der Waals surface area contributed by atoms with E-state index in [1.807, 2.05) is 4.90 Å². The molecule has 3 aliphatic rings. The molecule has 1 amide bonds. The zero-order valence-electron chi connectivity index (χ0n) is 23.4. The topological polar surface area (TPSA) is 88.1 Å². The number of carbonyl (C=O) groups is 2. The van der Waals surface area contributed by atoms with Crippen molar-refractivity contribution in [2.75, 3.05) is 13.2 Å². The van der Waals surface area contributed by atoms with E-state index in [0.717, 1.165) is 38.5 Å². The van der Waals surface area contributed by atoms with Crippen molar-refractivity contribution in [2.45, 2.75) is 147 Å². The number of aliphatic hydroxyl groups excluding tert-OH is 1. The molecule has 206 valence electrons. The Hall–Kier alpha value is -1.44. The second-order valence-electron chi connectivity index (χ2n) is 12.9. The molecule has 1 aliphatic carbocycles. The summed E-state index contributed by atoms with van der Waals surface area (Å²) in [5.74, 6) is -0.556. The van der Waals surface area contributed by atoms with Crippen molar-refractivity contribution in [2.24, 2.45) is 0 Å². The van der Waals surface area contributed by atoms with Gasteiger partial charge in [-0.3, -0.25) is 4.79 Å². The van der Waals surface area contributed by atoms with E-state index in [9.17, 15) is 14.7 Å². The van der Waals surface area contributed by atoms with E-state index >= 15 is 0 Å². The van der Waals surface area contributed by atoms with Crippen LogP contribution in [0.15, 0.2) is 12.2 Å². The van der Waals surface area contributed by atoms with Crippen molar-refractivity contribution in [3.05, 3.63) is 12.2 Å². The molecule has 0 bridgehead atoms. The lowest BCUT2D eigenvalue weighted by molar-refractivity contribution is -0.179. The number of aliphatic hydroxyl groups is 1. The van der Waals surface area contributed by atoms with Gasteiger partial charge in [-0.05, 0) is 60.3 Å². The lowest BCUT2D eigenvalue weighted by Crippen LogP contribution is -2.65. The van der Waals surface area contributed by atoms with Gasteiger partial charge in [-0.2, -0.15) is 0 Å². The van der Waals surface area contributed by atoms with Gasteiger partial charge in [0.05, 0.1) is 6.54 Å². The normalized spacial score (nSPS) is 26.7. The van der Waals surface area contributed by atoms with Crippen LogP contribution >= 0.6 is 0 Å². The van der Waals surface area contributed by atoms with Crippen molar-refractivity contribution in [3.8, 4) is 0 Å². The molecule has 2 N–H and O–H groups in total. The molecule has 0 aromatic carbocycles. The summed E-state index contributed by atoms with van der Waals surface area (Å²) in [5.41, 5.74) is -1.91. The summed E-state index contributed by atoms with van der Waals surface area (Å²) in [6, 6.07) is 0. The van der Waals surface area contributed by atoms with Crippen LogP contribution < -0.4 is 5.32 Å². The molecule has 0 aromatic rings. The van der Waals surface area contributed by atoms with Gasteiger partial charge in [-0.25, -0.2) is 4.79 Å². The zero-order valence-corrected chi connectivity index (χ0v) is 23.4. The number of carbonyl (C=O) groups excluding carboxylic acids is 2. The average Bonchev–Trinajstić information content (AvgIpc) is 2.94. The Labute approximate surface area is 218 Å². The molecule has 3 rings (SSSR count). The number of β-amino-alcohol motifs (C(OH)–C–C–N with tert-alkyl or cyclic N) is 1. The van der Waals surface area contributed by atoms with Gasteiger partial charge in [0, 0.05) is 29.5 Å². The molecular weight excluding hydrogens is 456 g/mol. The fourth-order valence-electron chi connectivity index (χ4n) is 6.96. The quantitative estimate of drug-likeness (QED) is 0.403. The molecule has 1 unspecified atom stereocenters. The smallest absolute Gasteiger partial charge is 0.333 e. The fourth-order valence-corrected chi connectivity index (χ4v) is 6.96. The summed E-state index contributed by atoms with van der Waals surface area (Å²) in [4.78, 5) is 28.1. The van der Waals surface area contributed by atoms with Crippen LogP contribution in [0.1, 0.15) is 118 Å². The number of nitrogens with zero attached hydrogens (tertiary/aromatic N) is 1. The summed E-state index contributed by atoms with van der Waals surface area (Å²) in [7, 11) is 0. The highest BCUT2D eigenvalue weighted by molar-refractivity contribution is 5.88. The standard InChI is InChI=1S/C29H50N2O5/c1-22(2)24(33)35-19-23(32)18-31-25(34)28(20-26(3,4)30-27(5,6)21-28)36-29(31)16-14-12-10-8-7-9-11-13-15-17-29/h23,30,32H,1,7-21H2,2-6H3. The molecule has 2 aliphatic heterocycles. The van der Waals surface area contributed by atoms with Gasteiger partial charge in [-0.1, -0.05) is 51.5 Å². The fraction of sp³-hybridized carbons (Fsp3) is 0.862. The minimum Gasteiger partial charge on any atom is -0.460 e. The summed E-state index contributed by atoms with van der Waals surface area (Å²) in [5, 5.41) is 14.6. The highest BCUT2D eigenvalue weighted by Gasteiger charge is 2.64. The number of nitrogens with one attached hydrogen (secondary N) is 1. The summed E-state index contributed by atoms with van der Waals surface area (Å²) in [6.45, 7) is 13.6. The van der Waals surface area contributed by atoms with Crippen LogP contribution in [-0.2, 0) is 19.1 Å². The van der Waals surface area contributed by atoms with E-state index in [-0.39, 0.29) is 35.7 Å². The van der Waals surface area contributed by atoms with Gasteiger partial charge >= 0.3 is 5.97 Å². The van der Waals surface area contributed by atoms with Crippen LogP contribution in [0, 0.1) is 0 Å². The molecule has 0 radical (unpaired) electrons. The minimum absolute atomic E-state index is 0.0254. The Kier molecular flexibility index (Phi) is 9.32. The highest BCUT2D eigenvalue weighted by atomic mass is 16.6. The SMILES string of the molecule is C=C(C)C(=O)OCC(O)CN1C(=O)C2(CC(C)(C)NC(C)(C)C2)OC12CCCCCCCCCCC2. The maximum Gasteiger partial charge on any atom is 0.333 e. The van der Waals surface area contributed by atoms with E-state index < -0.39 is 23.4 Å². The van der Waals surface area contributed by atoms with Gasteiger partial charge in [0.1, 0.15) is 18.4 Å². The third-order valence-electron chi connectivity index (χ3n) is 7.93. The molecule has 0 aromatic heterocycles. The van der Waals surface area contributed by atoms with Crippen LogP contribution in [0.2, 0.25) is 0 Å². The van der Waals surface area contributed by atoms with E-state index in [1.165, 1.54) is 32.1 Å². The number of hydrogen-bond donors (Lipinski definition) is 2. The van der Waals surface area contributed by atoms with Crippen LogP contribution in [0.5, 0.6) is 0 Å². The van der Waals surface area contributed by atoms with Gasteiger partial charge in [0.2, 0.25) is 0 Å². The number of amides is 1. The predicted octanol–water partition coefficient (Wildman–Crippen LogP) is 5.01. The molecule has 7 heteroatoms. The van der Waals surface area contributed by atoms with Crippen molar-refractivity contribution in [1.29, 1.82) is 0 Å². The third-order valence-corrected chi connectivity index (χ3v) is 7.93. The number of hydrogen-bond acceptors (Lipinski definition) is 6. The molecule has 3 fully saturated rings. The van der Waals surface area contributed by atoms with Gasteiger partial charge in [0.15, 0.2) is 5.60 Å². The molecule has 1 saturated carbocycles. The Balaban J connectivity index is 1.91. The van der Waals surface area contributed by atoms with E-state index in [2.05, 4.69) is 39.6 Å². The first kappa shape index (κ1) is 29.1. The molecule has 2 heterocycles. The molecule has 36 heavy (non-hydrogen) atoms. The van der Waals surface area contributed by atoms with E-state index in [0.29, 0.717) is 12.8 Å². The first-order valence-electron chi connectivity index (χ1n) is 14.1. The van der Waals surface area contributed by atoms with Crippen molar-refractivity contribution < 1.29 is 24.2 Å². The second kappa shape index (κ2) is 11.5. The third kappa shape index (κ3) is 7.11. The predicted molar refractivity (Wildman–Crippen MR) is 141 cm³/mol. The van der Waals surface area contributed by atoms with Crippen LogP contribution in [0.3, 0.4) is 0 Å². The van der Waals surface area contributed by atoms with Crippen molar-refractivity contribution in [3.63, 3.8) is 0 Å². The highest BCUT2D eigenvalue weighted by Crippen LogP contribution is 2.50. The van der Waals surface area contributed by atoms with Crippen molar-refractivity contribution >= 4 is 11.9 Å². The first-order chi connectivity index (χ1) is 16.8. The van der Waals surface area contributed by atoms with Gasteiger partial charge in [-0.15, -0.1) is 0 Å². The lowest BCUT2D eigenvalue weighted by atomic mass is 9.72. The number of esters is 1. The molecule has 7 nitrogen and oxygen atoms in total. The monoisotopic (exact) mass is 506 g/mol. The summed E-state index contributed by atoms with van der Waals surface area (Å²) >= 11 is 0. The maximum absolute atomic E-state index is 14.3. The Morgan fingerprint density at radius 1 is 1.00 bits per heavy atom. The maximum atomic E-state index is 14.3.